The zero-order valence-electron chi connectivity index (χ0n) is 11.7. The Balaban J connectivity index is 1.79. The Kier molecular flexibility index (Phi) is 4.18. The first-order chi connectivity index (χ1) is 11.1. The van der Waals surface area contributed by atoms with E-state index < -0.39 is 15.9 Å². The van der Waals surface area contributed by atoms with Crippen LogP contribution < -0.4 is 4.72 Å². The monoisotopic (exact) mass is 345 g/mol. The first kappa shape index (κ1) is 15.3. The molecule has 8 heteroatoms. The maximum Gasteiger partial charge on any atom is 0.283 e. The van der Waals surface area contributed by atoms with Crippen molar-refractivity contribution in [2.75, 3.05) is 0 Å². The zero-order chi connectivity index (χ0) is 16.3. The van der Waals surface area contributed by atoms with E-state index in [0.717, 1.165) is 11.1 Å². The summed E-state index contributed by atoms with van der Waals surface area (Å²) in [7, 11) is -3.87. The van der Waals surface area contributed by atoms with Crippen LogP contribution in [0.1, 0.15) is 10.5 Å². The molecule has 3 heterocycles. The van der Waals surface area contributed by atoms with Crippen molar-refractivity contribution < 1.29 is 13.2 Å². The first-order valence-corrected chi connectivity index (χ1v) is 8.95. The number of thiophene rings is 1. The van der Waals surface area contributed by atoms with E-state index in [0.29, 0.717) is 0 Å². The summed E-state index contributed by atoms with van der Waals surface area (Å²) in [6.07, 6.45) is 4.84. The molecule has 0 saturated heterocycles. The van der Waals surface area contributed by atoms with Crippen LogP contribution >= 0.6 is 11.3 Å². The number of carbonyl (C=O) groups is 1. The highest BCUT2D eigenvalue weighted by molar-refractivity contribution is 7.90. The fourth-order valence-corrected chi connectivity index (χ4v) is 3.86. The lowest BCUT2D eigenvalue weighted by atomic mass is 10.1. The average Bonchev–Trinajstić information content (AvgIpc) is 3.11. The number of rotatable bonds is 4. The Morgan fingerprint density at radius 1 is 1.09 bits per heavy atom. The molecule has 3 aromatic rings. The second-order valence-corrected chi connectivity index (χ2v) is 7.03. The lowest BCUT2D eigenvalue weighted by Crippen LogP contribution is -2.30. The highest BCUT2D eigenvalue weighted by atomic mass is 32.2. The van der Waals surface area contributed by atoms with Crippen molar-refractivity contribution in [2.24, 2.45) is 0 Å². The van der Waals surface area contributed by atoms with Gasteiger partial charge in [0.1, 0.15) is 5.69 Å². The lowest BCUT2D eigenvalue weighted by molar-refractivity contribution is 0.0976. The highest BCUT2D eigenvalue weighted by Crippen LogP contribution is 2.17. The van der Waals surface area contributed by atoms with Crippen LogP contribution in [0.2, 0.25) is 0 Å². The van der Waals surface area contributed by atoms with Crippen LogP contribution in [0.3, 0.4) is 0 Å². The summed E-state index contributed by atoms with van der Waals surface area (Å²) < 4.78 is 26.0. The van der Waals surface area contributed by atoms with E-state index >= 15 is 0 Å². The Morgan fingerprint density at radius 2 is 1.91 bits per heavy atom. The van der Waals surface area contributed by atoms with E-state index in [1.54, 1.807) is 29.9 Å². The Labute approximate surface area is 136 Å². The van der Waals surface area contributed by atoms with Crippen molar-refractivity contribution >= 4 is 27.3 Å². The van der Waals surface area contributed by atoms with Gasteiger partial charge in [-0.05, 0) is 23.6 Å². The van der Waals surface area contributed by atoms with E-state index in [1.165, 1.54) is 35.0 Å². The van der Waals surface area contributed by atoms with E-state index in [4.69, 9.17) is 0 Å². The predicted octanol–water partition coefficient (Wildman–Crippen LogP) is 2.32. The van der Waals surface area contributed by atoms with Gasteiger partial charge in [0.2, 0.25) is 0 Å². The second-order valence-electron chi connectivity index (χ2n) is 4.57. The van der Waals surface area contributed by atoms with Gasteiger partial charge < -0.3 is 0 Å². The molecule has 0 aliphatic rings. The number of sulfonamides is 1. The number of nitrogens with zero attached hydrogens (tertiary/aromatic N) is 2. The zero-order valence-corrected chi connectivity index (χ0v) is 13.3. The van der Waals surface area contributed by atoms with Crippen molar-refractivity contribution in [2.45, 2.75) is 4.90 Å². The molecular weight excluding hydrogens is 334 g/mol. The summed E-state index contributed by atoms with van der Waals surface area (Å²) in [5.41, 5.74) is 1.67. The number of nitrogens with one attached hydrogen (secondary N) is 1. The molecule has 0 aliphatic carbocycles. The molecule has 1 amide bonds. The van der Waals surface area contributed by atoms with E-state index in [1.807, 2.05) is 10.8 Å². The standard InChI is InChI=1S/C15H11N3O3S2/c19-15(18-23(20,21)13-5-7-22-10-13)14-4-3-12(9-17-14)11-2-1-6-16-8-11/h1-10H,(H,18,19). The number of pyridine rings is 2. The summed E-state index contributed by atoms with van der Waals surface area (Å²) in [6, 6.07) is 8.25. The normalized spacial score (nSPS) is 11.1. The third-order valence-corrected chi connectivity index (χ3v) is 5.18. The maximum atomic E-state index is 12.0. The minimum absolute atomic E-state index is 0.0245. The van der Waals surface area contributed by atoms with Gasteiger partial charge in [0.25, 0.3) is 15.9 Å². The Hall–Kier alpha value is -2.58. The molecule has 0 atom stereocenters. The minimum Gasteiger partial charge on any atom is -0.266 e. The Morgan fingerprint density at radius 3 is 2.52 bits per heavy atom. The van der Waals surface area contributed by atoms with E-state index in [9.17, 15) is 13.2 Å². The number of aromatic nitrogens is 2. The number of hydrogen-bond acceptors (Lipinski definition) is 6. The molecule has 3 aromatic heterocycles. The first-order valence-electron chi connectivity index (χ1n) is 6.52. The second kappa shape index (κ2) is 6.27. The van der Waals surface area contributed by atoms with Gasteiger partial charge in [-0.1, -0.05) is 12.1 Å². The molecule has 116 valence electrons. The molecule has 0 aromatic carbocycles. The van der Waals surface area contributed by atoms with Crippen molar-refractivity contribution in [1.29, 1.82) is 0 Å². The molecule has 0 bridgehead atoms. The average molecular weight is 345 g/mol. The van der Waals surface area contributed by atoms with Gasteiger partial charge in [-0.15, -0.1) is 0 Å². The summed E-state index contributed by atoms with van der Waals surface area (Å²) >= 11 is 1.24. The molecule has 1 N–H and O–H groups in total. The molecular formula is C15H11N3O3S2. The van der Waals surface area contributed by atoms with Gasteiger partial charge in [0.15, 0.2) is 0 Å². The predicted molar refractivity (Wildman–Crippen MR) is 86.4 cm³/mol. The molecule has 6 nitrogen and oxygen atoms in total. The summed E-state index contributed by atoms with van der Waals surface area (Å²) in [6.45, 7) is 0. The third-order valence-electron chi connectivity index (χ3n) is 3.02. The van der Waals surface area contributed by atoms with Crippen molar-refractivity contribution in [3.8, 4) is 11.1 Å². The van der Waals surface area contributed by atoms with Crippen LogP contribution in [0.5, 0.6) is 0 Å². The smallest absolute Gasteiger partial charge is 0.266 e. The number of carbonyl (C=O) groups excluding carboxylic acids is 1. The molecule has 0 aliphatic heterocycles. The molecule has 0 unspecified atom stereocenters. The van der Waals surface area contributed by atoms with Crippen molar-refractivity contribution in [1.82, 2.24) is 14.7 Å². The van der Waals surface area contributed by atoms with Gasteiger partial charge in [-0.3, -0.25) is 14.8 Å². The lowest BCUT2D eigenvalue weighted by Gasteiger charge is -2.05. The fraction of sp³-hybridized carbons (Fsp3) is 0. The minimum atomic E-state index is -3.87. The molecule has 0 radical (unpaired) electrons. The van der Waals surface area contributed by atoms with Crippen molar-refractivity contribution in [3.63, 3.8) is 0 Å². The van der Waals surface area contributed by atoms with Crippen LogP contribution in [0.15, 0.2) is 64.6 Å². The van der Waals surface area contributed by atoms with E-state index in [-0.39, 0.29) is 10.6 Å². The maximum absolute atomic E-state index is 12.0. The van der Waals surface area contributed by atoms with Gasteiger partial charge in [0.05, 0.1) is 4.90 Å². The van der Waals surface area contributed by atoms with E-state index in [2.05, 4.69) is 9.97 Å². The topological polar surface area (TPSA) is 89.0 Å². The quantitative estimate of drug-likeness (QED) is 0.784. The summed E-state index contributed by atoms with van der Waals surface area (Å²) in [5, 5.41) is 3.08. The van der Waals surface area contributed by atoms with Gasteiger partial charge in [-0.25, -0.2) is 13.1 Å². The fourth-order valence-electron chi connectivity index (χ4n) is 1.87. The third kappa shape index (κ3) is 3.43. The largest absolute Gasteiger partial charge is 0.283 e. The SMILES string of the molecule is O=C(NS(=O)(=O)c1ccsc1)c1ccc(-c2cccnc2)cn1. The molecule has 3 rings (SSSR count). The highest BCUT2D eigenvalue weighted by Gasteiger charge is 2.19. The number of amides is 1. The van der Waals surface area contributed by atoms with Gasteiger partial charge >= 0.3 is 0 Å². The molecule has 0 spiro atoms. The van der Waals surface area contributed by atoms with Gasteiger partial charge in [0, 0.05) is 35.1 Å². The van der Waals surface area contributed by atoms with Gasteiger partial charge in [-0.2, -0.15) is 11.3 Å². The van der Waals surface area contributed by atoms with Crippen LogP contribution in [0.25, 0.3) is 11.1 Å². The summed E-state index contributed by atoms with van der Waals surface area (Å²) in [5.74, 6) is -0.770. The number of hydrogen-bond donors (Lipinski definition) is 1. The summed E-state index contributed by atoms with van der Waals surface area (Å²) in [4.78, 5) is 20.1. The molecule has 23 heavy (non-hydrogen) atoms. The molecule has 0 fully saturated rings. The Bertz CT molecular complexity index is 906. The van der Waals surface area contributed by atoms with Crippen LogP contribution in [-0.4, -0.2) is 24.3 Å². The molecule has 0 saturated carbocycles. The van der Waals surface area contributed by atoms with Crippen LogP contribution in [0.4, 0.5) is 0 Å². The van der Waals surface area contributed by atoms with Crippen LogP contribution in [-0.2, 0) is 10.0 Å². The van der Waals surface area contributed by atoms with Crippen molar-refractivity contribution in [3.05, 3.63) is 65.4 Å². The van der Waals surface area contributed by atoms with Crippen LogP contribution in [0, 0.1) is 0 Å².